The lowest BCUT2D eigenvalue weighted by Gasteiger charge is -2.35. The molecular formula is C11H22N2O4. The van der Waals surface area contributed by atoms with Crippen molar-refractivity contribution in [2.45, 2.75) is 38.8 Å². The molecule has 0 aromatic carbocycles. The lowest BCUT2D eigenvalue weighted by molar-refractivity contribution is -0.157. The quantitative estimate of drug-likeness (QED) is 0.662. The van der Waals surface area contributed by atoms with E-state index < -0.39 is 17.6 Å². The van der Waals surface area contributed by atoms with E-state index in [1.807, 2.05) is 0 Å². The van der Waals surface area contributed by atoms with Crippen LogP contribution in [0.25, 0.3) is 0 Å². The first kappa shape index (κ1) is 15.9. The van der Waals surface area contributed by atoms with E-state index in [0.29, 0.717) is 19.6 Å². The Bertz CT molecular complexity index is 279. The van der Waals surface area contributed by atoms with Crippen molar-refractivity contribution >= 4 is 11.9 Å². The average molecular weight is 246 g/mol. The van der Waals surface area contributed by atoms with Gasteiger partial charge < -0.3 is 20.5 Å². The van der Waals surface area contributed by atoms with Crippen LogP contribution in [0.3, 0.4) is 0 Å². The summed E-state index contributed by atoms with van der Waals surface area (Å²) in [5.41, 5.74) is 4.46. The molecule has 0 radical (unpaired) electrons. The van der Waals surface area contributed by atoms with Gasteiger partial charge in [0.05, 0.1) is 6.04 Å². The van der Waals surface area contributed by atoms with E-state index in [4.69, 9.17) is 15.6 Å². The zero-order valence-electron chi connectivity index (χ0n) is 10.9. The number of carbonyl (C=O) groups is 2. The molecule has 0 saturated carbocycles. The van der Waals surface area contributed by atoms with Gasteiger partial charge in [0.25, 0.3) is 0 Å². The molecule has 0 aromatic rings. The number of ether oxygens (including phenoxy) is 1. The monoisotopic (exact) mass is 246 g/mol. The molecule has 17 heavy (non-hydrogen) atoms. The number of nitrogens with zero attached hydrogens (tertiary/aromatic N) is 1. The van der Waals surface area contributed by atoms with E-state index in [-0.39, 0.29) is 5.91 Å². The molecule has 6 nitrogen and oxygen atoms in total. The molecule has 0 aliphatic rings. The number of aliphatic carboxylic acids is 1. The standard InChI is InChI=1S/C11H22N2O4/c1-5-13(11(2,3)10(15)16)9(14)8(12)6-7-17-4/h8H,5-7,12H2,1-4H3,(H,15,16). The number of carboxylic acids is 1. The van der Waals surface area contributed by atoms with Crippen molar-refractivity contribution in [3.63, 3.8) is 0 Å². The molecule has 0 saturated heterocycles. The number of amides is 1. The second-order valence-corrected chi connectivity index (χ2v) is 4.33. The number of methoxy groups -OCH3 is 1. The van der Waals surface area contributed by atoms with Crippen molar-refractivity contribution in [2.75, 3.05) is 20.3 Å². The Morgan fingerprint density at radius 2 is 2.00 bits per heavy atom. The lowest BCUT2D eigenvalue weighted by atomic mass is 10.0. The highest BCUT2D eigenvalue weighted by atomic mass is 16.5. The van der Waals surface area contributed by atoms with E-state index in [9.17, 15) is 9.59 Å². The van der Waals surface area contributed by atoms with Crippen LogP contribution in [0.1, 0.15) is 27.2 Å². The third-order valence-electron chi connectivity index (χ3n) is 2.73. The highest BCUT2D eigenvalue weighted by molar-refractivity contribution is 5.89. The van der Waals surface area contributed by atoms with E-state index in [2.05, 4.69) is 0 Å². The number of rotatable bonds is 7. The maximum Gasteiger partial charge on any atom is 0.329 e. The first-order valence-electron chi connectivity index (χ1n) is 5.58. The molecule has 0 spiro atoms. The molecule has 100 valence electrons. The van der Waals surface area contributed by atoms with E-state index in [1.165, 1.54) is 25.9 Å². The molecule has 0 aliphatic carbocycles. The predicted octanol–water partition coefficient (Wildman–Crippen LogP) is 0.0619. The summed E-state index contributed by atoms with van der Waals surface area (Å²) in [5.74, 6) is -1.41. The second kappa shape index (κ2) is 6.56. The minimum atomic E-state index is -1.25. The van der Waals surface area contributed by atoms with Crippen molar-refractivity contribution in [3.05, 3.63) is 0 Å². The van der Waals surface area contributed by atoms with Gasteiger partial charge >= 0.3 is 5.97 Å². The molecule has 0 bridgehead atoms. The van der Waals surface area contributed by atoms with Gasteiger partial charge in [-0.3, -0.25) is 4.79 Å². The van der Waals surface area contributed by atoms with Gasteiger partial charge in [0.1, 0.15) is 5.54 Å². The van der Waals surface area contributed by atoms with Crippen LogP contribution >= 0.6 is 0 Å². The van der Waals surface area contributed by atoms with Crippen LogP contribution in [0.2, 0.25) is 0 Å². The zero-order valence-corrected chi connectivity index (χ0v) is 10.9. The van der Waals surface area contributed by atoms with Gasteiger partial charge in [-0.15, -0.1) is 0 Å². The maximum atomic E-state index is 12.0. The number of likely N-dealkylation sites (N-methyl/N-ethyl adjacent to an activating group) is 1. The van der Waals surface area contributed by atoms with E-state index >= 15 is 0 Å². The maximum absolute atomic E-state index is 12.0. The van der Waals surface area contributed by atoms with Crippen LogP contribution in [-0.2, 0) is 14.3 Å². The number of hydrogen-bond acceptors (Lipinski definition) is 4. The van der Waals surface area contributed by atoms with Gasteiger partial charge in [-0.25, -0.2) is 4.79 Å². The summed E-state index contributed by atoms with van der Waals surface area (Å²) in [4.78, 5) is 24.4. The van der Waals surface area contributed by atoms with Crippen molar-refractivity contribution < 1.29 is 19.4 Å². The molecule has 0 rings (SSSR count). The Balaban J connectivity index is 4.77. The van der Waals surface area contributed by atoms with Crippen LogP contribution in [0.15, 0.2) is 0 Å². The summed E-state index contributed by atoms with van der Waals surface area (Å²) in [7, 11) is 1.52. The first-order chi connectivity index (χ1) is 7.78. The molecule has 1 amide bonds. The molecule has 0 aliphatic heterocycles. The number of carboxylic acid groups (broad SMARTS) is 1. The fourth-order valence-corrected chi connectivity index (χ4v) is 1.51. The lowest BCUT2D eigenvalue weighted by Crippen LogP contribution is -2.57. The fourth-order valence-electron chi connectivity index (χ4n) is 1.51. The van der Waals surface area contributed by atoms with E-state index in [0.717, 1.165) is 0 Å². The SMILES string of the molecule is CCN(C(=O)C(N)CCOC)C(C)(C)C(=O)O. The second-order valence-electron chi connectivity index (χ2n) is 4.33. The summed E-state index contributed by atoms with van der Waals surface area (Å²) in [5, 5.41) is 9.09. The minimum Gasteiger partial charge on any atom is -0.480 e. The van der Waals surface area contributed by atoms with Gasteiger partial charge in [0, 0.05) is 20.3 Å². The summed E-state index contributed by atoms with van der Waals surface area (Å²) < 4.78 is 4.84. The predicted molar refractivity (Wildman–Crippen MR) is 63.6 cm³/mol. The van der Waals surface area contributed by atoms with Gasteiger partial charge in [0.15, 0.2) is 0 Å². The molecule has 6 heteroatoms. The molecule has 1 unspecified atom stereocenters. The Morgan fingerprint density at radius 1 is 1.47 bits per heavy atom. The largest absolute Gasteiger partial charge is 0.480 e. The van der Waals surface area contributed by atoms with Crippen LogP contribution < -0.4 is 5.73 Å². The minimum absolute atomic E-state index is 0.304. The van der Waals surface area contributed by atoms with E-state index in [1.54, 1.807) is 6.92 Å². The topological polar surface area (TPSA) is 92.9 Å². The Morgan fingerprint density at radius 3 is 2.35 bits per heavy atom. The van der Waals surface area contributed by atoms with Gasteiger partial charge in [-0.2, -0.15) is 0 Å². The average Bonchev–Trinajstić information content (AvgIpc) is 2.25. The van der Waals surface area contributed by atoms with Gasteiger partial charge in [0.2, 0.25) is 5.91 Å². The Labute approximate surface area is 102 Å². The molecule has 0 fully saturated rings. The van der Waals surface area contributed by atoms with Crippen molar-refractivity contribution in [3.8, 4) is 0 Å². The summed E-state index contributed by atoms with van der Waals surface area (Å²) in [6, 6.07) is -0.728. The van der Waals surface area contributed by atoms with Gasteiger partial charge in [-0.1, -0.05) is 0 Å². The van der Waals surface area contributed by atoms with Crippen molar-refractivity contribution in [1.29, 1.82) is 0 Å². The number of hydrogen-bond donors (Lipinski definition) is 2. The third kappa shape index (κ3) is 3.98. The normalized spacial score (nSPS) is 13.2. The summed E-state index contributed by atoms with van der Waals surface area (Å²) >= 11 is 0. The van der Waals surface area contributed by atoms with Crippen molar-refractivity contribution in [1.82, 2.24) is 4.90 Å². The fraction of sp³-hybridized carbons (Fsp3) is 0.818. The van der Waals surface area contributed by atoms with Crippen LogP contribution in [0.5, 0.6) is 0 Å². The Kier molecular flexibility index (Phi) is 6.12. The van der Waals surface area contributed by atoms with Crippen molar-refractivity contribution in [2.24, 2.45) is 5.73 Å². The summed E-state index contributed by atoms with van der Waals surface area (Å²) in [6.07, 6.45) is 0.377. The van der Waals surface area contributed by atoms with Crippen LogP contribution in [0, 0.1) is 0 Å². The molecule has 3 N–H and O–H groups in total. The van der Waals surface area contributed by atoms with Crippen LogP contribution in [-0.4, -0.2) is 53.7 Å². The molecule has 0 heterocycles. The highest BCUT2D eigenvalue weighted by Crippen LogP contribution is 2.16. The first-order valence-corrected chi connectivity index (χ1v) is 5.58. The third-order valence-corrected chi connectivity index (χ3v) is 2.73. The van der Waals surface area contributed by atoms with Gasteiger partial charge in [-0.05, 0) is 27.2 Å². The smallest absolute Gasteiger partial charge is 0.329 e. The highest BCUT2D eigenvalue weighted by Gasteiger charge is 2.38. The molecular weight excluding hydrogens is 224 g/mol. The Hall–Kier alpha value is -1.14. The molecule has 0 aromatic heterocycles. The van der Waals surface area contributed by atoms with Crippen LogP contribution in [0.4, 0.5) is 0 Å². The number of nitrogens with two attached hydrogens (primary N) is 1. The number of carbonyl (C=O) groups excluding carboxylic acids is 1. The molecule has 1 atom stereocenters. The zero-order chi connectivity index (χ0) is 13.6. The summed E-state index contributed by atoms with van der Waals surface area (Å²) in [6.45, 7) is 5.38.